The van der Waals surface area contributed by atoms with Crippen molar-refractivity contribution in [3.63, 3.8) is 0 Å². The van der Waals surface area contributed by atoms with Gasteiger partial charge in [-0.2, -0.15) is 0 Å². The van der Waals surface area contributed by atoms with Gasteiger partial charge in [-0.15, -0.1) is 0 Å². The molecule has 1 aromatic rings. The lowest BCUT2D eigenvalue weighted by molar-refractivity contribution is -0.143. The Kier molecular flexibility index (Phi) is 5.40. The van der Waals surface area contributed by atoms with Crippen molar-refractivity contribution in [1.82, 2.24) is 4.90 Å². The van der Waals surface area contributed by atoms with Gasteiger partial charge in [0.05, 0.1) is 5.60 Å². The number of carbonyl (C=O) groups excluding carboxylic acids is 1. The molecule has 1 aromatic carbocycles. The van der Waals surface area contributed by atoms with Crippen molar-refractivity contribution in [2.24, 2.45) is 5.92 Å². The molecule has 0 aromatic heterocycles. The summed E-state index contributed by atoms with van der Waals surface area (Å²) in [5.74, 6) is -3.15. The first-order chi connectivity index (χ1) is 10.7. The molecule has 0 radical (unpaired) electrons. The van der Waals surface area contributed by atoms with Gasteiger partial charge in [0.1, 0.15) is 0 Å². The predicted molar refractivity (Wildman–Crippen MR) is 85.1 cm³/mol. The molecule has 128 valence electrons. The van der Waals surface area contributed by atoms with E-state index in [9.17, 15) is 18.7 Å². The molecule has 0 atom stereocenters. The molecule has 0 spiro atoms. The van der Waals surface area contributed by atoms with Crippen LogP contribution in [0.15, 0.2) is 30.3 Å². The van der Waals surface area contributed by atoms with E-state index >= 15 is 0 Å². The van der Waals surface area contributed by atoms with Gasteiger partial charge in [0.2, 0.25) is 11.8 Å². The molecule has 2 rings (SSSR count). The molecule has 1 N–H and O–H groups in total. The normalized spacial score (nSPS) is 18.7. The Morgan fingerprint density at radius 3 is 2.35 bits per heavy atom. The Bertz CT molecular complexity index is 516. The minimum atomic E-state index is -2.64. The standard InChI is InChI=1S/C18H25F2NO2/c1-17(2,23)13-21(12-14-6-4-3-5-7-14)16(22)15-8-10-18(19,20)11-9-15/h3-7,15,23H,8-13H2,1-2H3. The van der Waals surface area contributed by atoms with Crippen LogP contribution >= 0.6 is 0 Å². The topological polar surface area (TPSA) is 40.5 Å². The minimum absolute atomic E-state index is 0.133. The molecule has 0 unspecified atom stereocenters. The van der Waals surface area contributed by atoms with Crippen molar-refractivity contribution >= 4 is 5.91 Å². The van der Waals surface area contributed by atoms with Gasteiger partial charge in [-0.05, 0) is 32.3 Å². The van der Waals surface area contributed by atoms with Crippen LogP contribution in [0.2, 0.25) is 0 Å². The van der Waals surface area contributed by atoms with Gasteiger partial charge >= 0.3 is 0 Å². The van der Waals surface area contributed by atoms with E-state index in [4.69, 9.17) is 0 Å². The van der Waals surface area contributed by atoms with Gasteiger partial charge in [0, 0.05) is 31.8 Å². The molecule has 1 amide bonds. The first kappa shape index (κ1) is 17.9. The van der Waals surface area contributed by atoms with Gasteiger partial charge < -0.3 is 10.0 Å². The molecule has 0 saturated heterocycles. The van der Waals surface area contributed by atoms with Crippen LogP contribution in [0.25, 0.3) is 0 Å². The molecule has 1 aliphatic rings. The SMILES string of the molecule is CC(C)(O)CN(Cc1ccccc1)C(=O)C1CCC(F)(F)CC1. The summed E-state index contributed by atoms with van der Waals surface area (Å²) < 4.78 is 26.6. The van der Waals surface area contributed by atoms with Crippen molar-refractivity contribution in [2.75, 3.05) is 6.54 Å². The molecule has 0 aliphatic heterocycles. The fourth-order valence-corrected chi connectivity index (χ4v) is 3.03. The average Bonchev–Trinajstić information content (AvgIpc) is 2.45. The molecular formula is C18H25F2NO2. The number of benzene rings is 1. The number of halogens is 2. The molecule has 5 heteroatoms. The molecule has 1 aliphatic carbocycles. The lowest BCUT2D eigenvalue weighted by Gasteiger charge is -2.34. The zero-order valence-electron chi connectivity index (χ0n) is 13.8. The molecule has 1 fully saturated rings. The summed E-state index contributed by atoms with van der Waals surface area (Å²) in [5.41, 5.74) is -0.0606. The maximum Gasteiger partial charge on any atom is 0.248 e. The third kappa shape index (κ3) is 5.57. The maximum atomic E-state index is 13.3. The van der Waals surface area contributed by atoms with Gasteiger partial charge in [-0.25, -0.2) is 8.78 Å². The summed E-state index contributed by atoms with van der Waals surface area (Å²) in [5, 5.41) is 10.1. The second-order valence-electron chi connectivity index (χ2n) is 7.12. The smallest absolute Gasteiger partial charge is 0.248 e. The van der Waals surface area contributed by atoms with E-state index in [0.717, 1.165) is 5.56 Å². The number of amides is 1. The van der Waals surface area contributed by atoms with Crippen LogP contribution < -0.4 is 0 Å². The second-order valence-corrected chi connectivity index (χ2v) is 7.12. The fourth-order valence-electron chi connectivity index (χ4n) is 3.03. The van der Waals surface area contributed by atoms with Crippen molar-refractivity contribution in [3.8, 4) is 0 Å². The van der Waals surface area contributed by atoms with Crippen LogP contribution in [0.5, 0.6) is 0 Å². The lowest BCUT2D eigenvalue weighted by atomic mass is 9.85. The first-order valence-corrected chi connectivity index (χ1v) is 8.09. The summed E-state index contributed by atoms with van der Waals surface area (Å²) in [4.78, 5) is 14.4. The Hall–Kier alpha value is -1.49. The van der Waals surface area contributed by atoms with Crippen LogP contribution in [-0.4, -0.2) is 34.0 Å². The highest BCUT2D eigenvalue weighted by Gasteiger charge is 2.39. The summed E-state index contributed by atoms with van der Waals surface area (Å²) in [6, 6.07) is 9.51. The van der Waals surface area contributed by atoms with E-state index < -0.39 is 11.5 Å². The zero-order chi connectivity index (χ0) is 17.1. The second kappa shape index (κ2) is 6.95. The minimum Gasteiger partial charge on any atom is -0.389 e. The van der Waals surface area contributed by atoms with E-state index in [1.54, 1.807) is 18.7 Å². The fraction of sp³-hybridized carbons (Fsp3) is 0.611. The van der Waals surface area contributed by atoms with Gasteiger partial charge in [-0.1, -0.05) is 30.3 Å². The molecule has 0 heterocycles. The van der Waals surface area contributed by atoms with Crippen LogP contribution in [0.4, 0.5) is 8.78 Å². The summed E-state index contributed by atoms with van der Waals surface area (Å²) >= 11 is 0. The summed E-state index contributed by atoms with van der Waals surface area (Å²) in [6.07, 6.45) is -0.0395. The van der Waals surface area contributed by atoms with Crippen molar-refractivity contribution in [3.05, 3.63) is 35.9 Å². The van der Waals surface area contributed by atoms with Crippen LogP contribution in [-0.2, 0) is 11.3 Å². The summed E-state index contributed by atoms with van der Waals surface area (Å²) in [6.45, 7) is 3.87. The third-order valence-corrected chi connectivity index (χ3v) is 4.17. The summed E-state index contributed by atoms with van der Waals surface area (Å²) in [7, 11) is 0. The number of nitrogens with zero attached hydrogens (tertiary/aromatic N) is 1. The Morgan fingerprint density at radius 2 is 1.83 bits per heavy atom. The highest BCUT2D eigenvalue weighted by molar-refractivity contribution is 5.79. The van der Waals surface area contributed by atoms with Crippen molar-refractivity contribution in [2.45, 2.75) is 57.6 Å². The molecule has 1 saturated carbocycles. The van der Waals surface area contributed by atoms with Crippen LogP contribution in [0.3, 0.4) is 0 Å². The number of alkyl halides is 2. The number of hydrogen-bond donors (Lipinski definition) is 1. The number of hydrogen-bond acceptors (Lipinski definition) is 2. The largest absolute Gasteiger partial charge is 0.389 e. The van der Waals surface area contributed by atoms with Gasteiger partial charge in [0.15, 0.2) is 0 Å². The van der Waals surface area contributed by atoms with E-state index in [1.165, 1.54) is 0 Å². The van der Waals surface area contributed by atoms with Gasteiger partial charge in [0.25, 0.3) is 0 Å². The monoisotopic (exact) mass is 325 g/mol. The van der Waals surface area contributed by atoms with E-state index in [1.807, 2.05) is 30.3 Å². The van der Waals surface area contributed by atoms with Crippen LogP contribution in [0.1, 0.15) is 45.1 Å². The Labute approximate surface area is 136 Å². The van der Waals surface area contributed by atoms with E-state index in [-0.39, 0.29) is 44.1 Å². The van der Waals surface area contributed by atoms with Crippen molar-refractivity contribution < 1.29 is 18.7 Å². The Morgan fingerprint density at radius 1 is 1.26 bits per heavy atom. The van der Waals surface area contributed by atoms with Crippen LogP contribution in [0, 0.1) is 5.92 Å². The number of aliphatic hydroxyl groups is 1. The van der Waals surface area contributed by atoms with Gasteiger partial charge in [-0.3, -0.25) is 4.79 Å². The highest BCUT2D eigenvalue weighted by Crippen LogP contribution is 2.37. The maximum absolute atomic E-state index is 13.3. The highest BCUT2D eigenvalue weighted by atomic mass is 19.3. The quantitative estimate of drug-likeness (QED) is 0.898. The first-order valence-electron chi connectivity index (χ1n) is 8.09. The van der Waals surface area contributed by atoms with E-state index in [0.29, 0.717) is 6.54 Å². The lowest BCUT2D eigenvalue weighted by Crippen LogP contribution is -2.45. The third-order valence-electron chi connectivity index (χ3n) is 4.17. The Balaban J connectivity index is 2.08. The average molecular weight is 325 g/mol. The number of carbonyl (C=O) groups is 1. The predicted octanol–water partition coefficient (Wildman–Crippen LogP) is 3.61. The van der Waals surface area contributed by atoms with Crippen molar-refractivity contribution in [1.29, 1.82) is 0 Å². The molecule has 0 bridgehead atoms. The molecule has 23 heavy (non-hydrogen) atoms. The number of rotatable bonds is 5. The molecular weight excluding hydrogens is 300 g/mol. The zero-order valence-corrected chi connectivity index (χ0v) is 13.8. The molecule has 3 nitrogen and oxygen atoms in total. The van der Waals surface area contributed by atoms with E-state index in [2.05, 4.69) is 0 Å².